The van der Waals surface area contributed by atoms with E-state index in [1.165, 1.54) is 89.9 Å². The molecule has 0 aliphatic rings. The maximum atomic E-state index is 13.3. The second-order valence-corrected chi connectivity index (χ2v) is 12.7. The van der Waals surface area contributed by atoms with Gasteiger partial charge in [-0.05, 0) is 37.5 Å². The first kappa shape index (κ1) is 37.7. The molecule has 0 heterocycles. The van der Waals surface area contributed by atoms with Gasteiger partial charge in [0.1, 0.15) is 0 Å². The third-order valence-corrected chi connectivity index (χ3v) is 7.31. The van der Waals surface area contributed by atoms with Crippen LogP contribution in [0.25, 0.3) is 0 Å². The van der Waals surface area contributed by atoms with Crippen molar-refractivity contribution in [3.8, 4) is 0 Å². The van der Waals surface area contributed by atoms with Gasteiger partial charge in [0, 0.05) is 11.1 Å². The van der Waals surface area contributed by atoms with Crippen molar-refractivity contribution in [3.05, 3.63) is 11.1 Å². The van der Waals surface area contributed by atoms with Gasteiger partial charge < -0.3 is 9.47 Å². The summed E-state index contributed by atoms with van der Waals surface area (Å²) in [6.45, 7) is 13.9. The smallest absolute Gasteiger partial charge is 0.334 e. The molecule has 230 valence electrons. The van der Waals surface area contributed by atoms with Crippen molar-refractivity contribution in [1.82, 2.24) is 0 Å². The number of hydrogen-bond donors (Lipinski definition) is 0. The zero-order chi connectivity index (χ0) is 29.2. The molecule has 0 aliphatic heterocycles. The Morgan fingerprint density at radius 1 is 0.462 bits per heavy atom. The van der Waals surface area contributed by atoms with Gasteiger partial charge in [0.05, 0.1) is 13.2 Å². The standard InChI is InChI=1S/C35H66O4/c1-7-10-13-16-19-20-21-24-27-31(33(36)38-28-25-22-17-14-11-8-2)32(30-35(4,5)6)34(37)39-29-26-23-18-15-12-9-3/h7-30H2,1-6H3. The number of esters is 2. The van der Waals surface area contributed by atoms with Crippen molar-refractivity contribution in [2.75, 3.05) is 13.2 Å². The molecule has 0 N–H and O–H groups in total. The predicted octanol–water partition coefficient (Wildman–Crippen LogP) is 11.1. The minimum atomic E-state index is -0.315. The molecule has 0 aromatic carbocycles. The lowest BCUT2D eigenvalue weighted by Gasteiger charge is -2.22. The molecule has 0 bridgehead atoms. The number of hydrogen-bond acceptors (Lipinski definition) is 4. The first-order valence-electron chi connectivity index (χ1n) is 16.8. The van der Waals surface area contributed by atoms with Crippen molar-refractivity contribution >= 4 is 11.9 Å². The highest BCUT2D eigenvalue weighted by Crippen LogP contribution is 2.30. The Kier molecular flexibility index (Phi) is 24.8. The van der Waals surface area contributed by atoms with E-state index in [1.54, 1.807) is 0 Å². The van der Waals surface area contributed by atoms with Gasteiger partial charge in [-0.15, -0.1) is 0 Å². The zero-order valence-corrected chi connectivity index (χ0v) is 27.1. The average Bonchev–Trinajstić information content (AvgIpc) is 2.89. The molecule has 4 heteroatoms. The van der Waals surface area contributed by atoms with Crippen molar-refractivity contribution in [2.45, 2.75) is 183 Å². The van der Waals surface area contributed by atoms with Gasteiger partial charge in [0.25, 0.3) is 0 Å². The SMILES string of the molecule is CCCCCCCCCCC(C(=O)OCCCCCCCC)=C(CC(C)(C)C)C(=O)OCCCCCCCC. The number of rotatable bonds is 26. The van der Waals surface area contributed by atoms with Crippen LogP contribution in [0.15, 0.2) is 11.1 Å². The summed E-state index contributed by atoms with van der Waals surface area (Å²) in [6.07, 6.45) is 24.5. The predicted molar refractivity (Wildman–Crippen MR) is 167 cm³/mol. The number of unbranched alkanes of at least 4 members (excludes halogenated alkanes) is 17. The van der Waals surface area contributed by atoms with Crippen LogP contribution in [-0.2, 0) is 19.1 Å². The number of carbonyl (C=O) groups is 2. The quantitative estimate of drug-likeness (QED) is 0.0610. The summed E-state index contributed by atoms with van der Waals surface area (Å²) in [6, 6.07) is 0. The van der Waals surface area contributed by atoms with E-state index in [0.29, 0.717) is 37.2 Å². The third kappa shape index (κ3) is 23.1. The van der Waals surface area contributed by atoms with Crippen LogP contribution in [0, 0.1) is 5.41 Å². The minimum Gasteiger partial charge on any atom is -0.462 e. The van der Waals surface area contributed by atoms with Gasteiger partial charge in [-0.2, -0.15) is 0 Å². The highest BCUT2D eigenvalue weighted by Gasteiger charge is 2.27. The summed E-state index contributed by atoms with van der Waals surface area (Å²) in [5, 5.41) is 0. The molecule has 0 aliphatic carbocycles. The monoisotopic (exact) mass is 550 g/mol. The van der Waals surface area contributed by atoms with E-state index in [0.717, 1.165) is 38.5 Å². The lowest BCUT2D eigenvalue weighted by Crippen LogP contribution is -2.21. The van der Waals surface area contributed by atoms with Crippen LogP contribution in [0.5, 0.6) is 0 Å². The molecule has 0 aromatic rings. The summed E-state index contributed by atoms with van der Waals surface area (Å²) in [4.78, 5) is 26.7. The first-order chi connectivity index (χ1) is 18.8. The molecule has 0 fully saturated rings. The molecule has 0 aromatic heterocycles. The summed E-state index contributed by atoms with van der Waals surface area (Å²) in [7, 11) is 0. The molecular formula is C35H66O4. The van der Waals surface area contributed by atoms with Crippen molar-refractivity contribution in [1.29, 1.82) is 0 Å². The summed E-state index contributed by atoms with van der Waals surface area (Å²) >= 11 is 0. The summed E-state index contributed by atoms with van der Waals surface area (Å²) < 4.78 is 11.5. The van der Waals surface area contributed by atoms with E-state index in [2.05, 4.69) is 41.5 Å². The molecule has 39 heavy (non-hydrogen) atoms. The maximum absolute atomic E-state index is 13.3. The summed E-state index contributed by atoms with van der Waals surface area (Å²) in [5.74, 6) is -0.619. The Bertz CT molecular complexity index is 629. The lowest BCUT2D eigenvalue weighted by molar-refractivity contribution is -0.143. The first-order valence-corrected chi connectivity index (χ1v) is 16.8. The van der Waals surface area contributed by atoms with Crippen molar-refractivity contribution in [2.24, 2.45) is 5.41 Å². The van der Waals surface area contributed by atoms with E-state index in [1.807, 2.05) is 0 Å². The van der Waals surface area contributed by atoms with Crippen LogP contribution in [-0.4, -0.2) is 25.2 Å². The highest BCUT2D eigenvalue weighted by atomic mass is 16.5. The largest absolute Gasteiger partial charge is 0.462 e. The van der Waals surface area contributed by atoms with Gasteiger partial charge in [-0.25, -0.2) is 9.59 Å². The van der Waals surface area contributed by atoms with Crippen LogP contribution >= 0.6 is 0 Å². The molecule has 0 saturated carbocycles. The molecular weight excluding hydrogens is 484 g/mol. The Hall–Kier alpha value is -1.32. The molecule has 0 spiro atoms. The van der Waals surface area contributed by atoms with Crippen LogP contribution in [0.4, 0.5) is 0 Å². The average molecular weight is 551 g/mol. The van der Waals surface area contributed by atoms with Gasteiger partial charge in [-0.1, -0.05) is 151 Å². The maximum Gasteiger partial charge on any atom is 0.334 e. The highest BCUT2D eigenvalue weighted by molar-refractivity contribution is 6.00. The molecule has 0 amide bonds. The molecule has 0 unspecified atom stereocenters. The normalized spacial score (nSPS) is 12.4. The molecule has 0 radical (unpaired) electrons. The fraction of sp³-hybridized carbons (Fsp3) is 0.886. The van der Waals surface area contributed by atoms with E-state index >= 15 is 0 Å². The van der Waals surface area contributed by atoms with E-state index < -0.39 is 0 Å². The van der Waals surface area contributed by atoms with Gasteiger partial charge in [0.2, 0.25) is 0 Å². The molecule has 0 rings (SSSR count). The van der Waals surface area contributed by atoms with E-state index in [-0.39, 0.29) is 17.4 Å². The van der Waals surface area contributed by atoms with Gasteiger partial charge in [-0.3, -0.25) is 0 Å². The van der Waals surface area contributed by atoms with Crippen LogP contribution in [0.2, 0.25) is 0 Å². The second-order valence-electron chi connectivity index (χ2n) is 12.7. The Balaban J connectivity index is 5.25. The molecule has 4 nitrogen and oxygen atoms in total. The Labute approximate surface area is 243 Å². The molecule has 0 saturated heterocycles. The molecule has 0 atom stereocenters. The topological polar surface area (TPSA) is 52.6 Å². The zero-order valence-electron chi connectivity index (χ0n) is 27.1. The van der Waals surface area contributed by atoms with Crippen LogP contribution in [0.3, 0.4) is 0 Å². The van der Waals surface area contributed by atoms with Crippen LogP contribution in [0.1, 0.15) is 183 Å². The van der Waals surface area contributed by atoms with Crippen LogP contribution < -0.4 is 0 Å². The number of carbonyl (C=O) groups excluding carboxylic acids is 2. The lowest BCUT2D eigenvalue weighted by atomic mass is 9.85. The Morgan fingerprint density at radius 3 is 1.18 bits per heavy atom. The van der Waals surface area contributed by atoms with E-state index in [9.17, 15) is 9.59 Å². The fourth-order valence-electron chi connectivity index (χ4n) is 4.91. The third-order valence-electron chi connectivity index (χ3n) is 7.31. The minimum absolute atomic E-state index is 0.126. The summed E-state index contributed by atoms with van der Waals surface area (Å²) in [5.41, 5.74) is 0.984. The second kappa shape index (κ2) is 25.6. The Morgan fingerprint density at radius 2 is 0.795 bits per heavy atom. The van der Waals surface area contributed by atoms with Gasteiger partial charge >= 0.3 is 11.9 Å². The van der Waals surface area contributed by atoms with Crippen molar-refractivity contribution in [3.63, 3.8) is 0 Å². The van der Waals surface area contributed by atoms with E-state index in [4.69, 9.17) is 9.47 Å². The van der Waals surface area contributed by atoms with Crippen molar-refractivity contribution < 1.29 is 19.1 Å². The fourth-order valence-corrected chi connectivity index (χ4v) is 4.91. The van der Waals surface area contributed by atoms with Gasteiger partial charge in [0.15, 0.2) is 0 Å². The number of ether oxygens (including phenoxy) is 2.